The Hall–Kier alpha value is -0.120. The zero-order valence-corrected chi connectivity index (χ0v) is 11.0. The van der Waals surface area contributed by atoms with E-state index in [0.29, 0.717) is 12.1 Å². The molecule has 1 saturated carbocycles. The first-order valence-corrected chi connectivity index (χ1v) is 7.42. The van der Waals surface area contributed by atoms with E-state index in [1.807, 2.05) is 0 Å². The normalized spacial score (nSPS) is 36.5. The van der Waals surface area contributed by atoms with E-state index >= 15 is 0 Å². The van der Waals surface area contributed by atoms with Crippen LogP contribution >= 0.6 is 0 Å². The molecule has 0 radical (unpaired) electrons. The van der Waals surface area contributed by atoms with Gasteiger partial charge in [-0.25, -0.2) is 0 Å². The van der Waals surface area contributed by atoms with Gasteiger partial charge in [0.1, 0.15) is 0 Å². The Labute approximate surface area is 105 Å². The second-order valence-corrected chi connectivity index (χ2v) is 6.12. The lowest BCUT2D eigenvalue weighted by molar-refractivity contribution is 0.0393. The minimum absolute atomic E-state index is 0.505. The van der Waals surface area contributed by atoms with Gasteiger partial charge in [-0.2, -0.15) is 0 Å². The molecule has 0 aromatic carbocycles. The van der Waals surface area contributed by atoms with Gasteiger partial charge in [0, 0.05) is 25.2 Å². The highest BCUT2D eigenvalue weighted by Gasteiger charge is 2.32. The summed E-state index contributed by atoms with van der Waals surface area (Å²) < 4.78 is 5.81. The molecule has 3 heteroatoms. The molecule has 0 aromatic heterocycles. The number of ether oxygens (including phenoxy) is 1. The maximum Gasteiger partial charge on any atom is 0.0728 e. The lowest BCUT2D eigenvalue weighted by atomic mass is 10.1. The van der Waals surface area contributed by atoms with Crippen LogP contribution in [0, 0.1) is 5.92 Å². The zero-order valence-electron chi connectivity index (χ0n) is 11.0. The van der Waals surface area contributed by atoms with Gasteiger partial charge in [-0.15, -0.1) is 0 Å². The SMILES string of the molecule is CC(C1CCCO1)N1CCC(CNC2CC2)C1. The van der Waals surface area contributed by atoms with Crippen molar-refractivity contribution in [3.8, 4) is 0 Å². The molecule has 3 rings (SSSR count). The van der Waals surface area contributed by atoms with Gasteiger partial charge in [-0.05, 0) is 58.0 Å². The Bertz CT molecular complexity index is 249. The fraction of sp³-hybridized carbons (Fsp3) is 1.00. The summed E-state index contributed by atoms with van der Waals surface area (Å²) >= 11 is 0. The zero-order chi connectivity index (χ0) is 11.7. The molecule has 2 saturated heterocycles. The maximum absolute atomic E-state index is 5.81. The number of nitrogens with one attached hydrogen (secondary N) is 1. The van der Waals surface area contributed by atoms with Crippen LogP contribution in [-0.2, 0) is 4.74 Å². The minimum atomic E-state index is 0.505. The van der Waals surface area contributed by atoms with E-state index in [-0.39, 0.29) is 0 Å². The third-order valence-electron chi connectivity index (χ3n) is 4.67. The Morgan fingerprint density at radius 2 is 2.18 bits per heavy atom. The molecule has 0 bridgehead atoms. The quantitative estimate of drug-likeness (QED) is 0.788. The molecule has 1 aliphatic carbocycles. The lowest BCUT2D eigenvalue weighted by Crippen LogP contribution is -2.40. The highest BCUT2D eigenvalue weighted by atomic mass is 16.5. The van der Waals surface area contributed by atoms with E-state index in [1.165, 1.54) is 51.7 Å². The highest BCUT2D eigenvalue weighted by Crippen LogP contribution is 2.26. The van der Waals surface area contributed by atoms with Crippen LogP contribution in [0.25, 0.3) is 0 Å². The first kappa shape index (κ1) is 11.9. The average Bonchev–Trinajstić information content (AvgIpc) is 2.86. The van der Waals surface area contributed by atoms with Crippen molar-refractivity contribution in [2.45, 2.75) is 57.2 Å². The highest BCUT2D eigenvalue weighted by molar-refractivity contribution is 4.88. The Morgan fingerprint density at radius 3 is 2.88 bits per heavy atom. The van der Waals surface area contributed by atoms with Crippen molar-refractivity contribution < 1.29 is 4.74 Å². The summed E-state index contributed by atoms with van der Waals surface area (Å²) in [4.78, 5) is 2.65. The number of hydrogen-bond donors (Lipinski definition) is 1. The molecular weight excluding hydrogens is 212 g/mol. The smallest absolute Gasteiger partial charge is 0.0728 e. The van der Waals surface area contributed by atoms with E-state index in [1.54, 1.807) is 0 Å². The molecule has 0 amide bonds. The number of rotatable bonds is 5. The van der Waals surface area contributed by atoms with Crippen molar-refractivity contribution in [1.29, 1.82) is 0 Å². The van der Waals surface area contributed by atoms with Crippen LogP contribution in [0.15, 0.2) is 0 Å². The maximum atomic E-state index is 5.81. The van der Waals surface area contributed by atoms with Crippen LogP contribution in [0.4, 0.5) is 0 Å². The molecule has 0 aromatic rings. The predicted octanol–water partition coefficient (Wildman–Crippen LogP) is 1.63. The van der Waals surface area contributed by atoms with Crippen LogP contribution in [0.2, 0.25) is 0 Å². The van der Waals surface area contributed by atoms with Gasteiger partial charge in [0.15, 0.2) is 0 Å². The predicted molar refractivity (Wildman–Crippen MR) is 69.1 cm³/mol. The van der Waals surface area contributed by atoms with Gasteiger partial charge in [-0.1, -0.05) is 0 Å². The Balaban J connectivity index is 1.42. The van der Waals surface area contributed by atoms with E-state index in [9.17, 15) is 0 Å². The molecule has 3 unspecified atom stereocenters. The lowest BCUT2D eigenvalue weighted by Gasteiger charge is -2.28. The van der Waals surface area contributed by atoms with E-state index in [2.05, 4.69) is 17.1 Å². The van der Waals surface area contributed by atoms with Crippen LogP contribution in [0.5, 0.6) is 0 Å². The summed E-state index contributed by atoms with van der Waals surface area (Å²) in [5.41, 5.74) is 0. The third-order valence-corrected chi connectivity index (χ3v) is 4.67. The monoisotopic (exact) mass is 238 g/mol. The molecule has 3 nitrogen and oxygen atoms in total. The molecule has 2 aliphatic heterocycles. The molecular formula is C14H26N2O. The molecule has 0 spiro atoms. The molecule has 3 aliphatic rings. The van der Waals surface area contributed by atoms with Crippen molar-refractivity contribution in [3.63, 3.8) is 0 Å². The van der Waals surface area contributed by atoms with Crippen LogP contribution in [0.1, 0.15) is 39.0 Å². The summed E-state index contributed by atoms with van der Waals surface area (Å²) in [6, 6.07) is 1.49. The van der Waals surface area contributed by atoms with E-state index < -0.39 is 0 Å². The van der Waals surface area contributed by atoms with Gasteiger partial charge in [-0.3, -0.25) is 4.90 Å². The van der Waals surface area contributed by atoms with Crippen molar-refractivity contribution in [2.75, 3.05) is 26.2 Å². The number of likely N-dealkylation sites (tertiary alicyclic amines) is 1. The van der Waals surface area contributed by atoms with Gasteiger partial charge in [0.05, 0.1) is 6.10 Å². The third kappa shape index (κ3) is 3.01. The second-order valence-electron chi connectivity index (χ2n) is 6.12. The Kier molecular flexibility index (Phi) is 3.69. The fourth-order valence-electron chi connectivity index (χ4n) is 3.24. The second kappa shape index (κ2) is 5.25. The molecule has 3 atom stereocenters. The first-order valence-electron chi connectivity index (χ1n) is 7.42. The Morgan fingerprint density at radius 1 is 1.29 bits per heavy atom. The van der Waals surface area contributed by atoms with Crippen LogP contribution in [0.3, 0.4) is 0 Å². The van der Waals surface area contributed by atoms with Crippen molar-refractivity contribution in [3.05, 3.63) is 0 Å². The molecule has 1 N–H and O–H groups in total. The largest absolute Gasteiger partial charge is 0.377 e. The topological polar surface area (TPSA) is 24.5 Å². The number of nitrogens with zero attached hydrogens (tertiary/aromatic N) is 1. The summed E-state index contributed by atoms with van der Waals surface area (Å²) in [6.45, 7) is 7.13. The van der Waals surface area contributed by atoms with Gasteiger partial charge >= 0.3 is 0 Å². The molecule has 2 heterocycles. The van der Waals surface area contributed by atoms with Crippen molar-refractivity contribution >= 4 is 0 Å². The molecule has 3 fully saturated rings. The summed E-state index contributed by atoms with van der Waals surface area (Å²) in [6.07, 6.45) is 7.21. The van der Waals surface area contributed by atoms with Gasteiger partial charge < -0.3 is 10.1 Å². The standard InChI is InChI=1S/C14H26N2O/c1-11(14-3-2-8-17-14)16-7-6-12(10-16)9-15-13-4-5-13/h11-15H,2-10H2,1H3. The van der Waals surface area contributed by atoms with Gasteiger partial charge in [0.2, 0.25) is 0 Å². The van der Waals surface area contributed by atoms with Gasteiger partial charge in [0.25, 0.3) is 0 Å². The summed E-state index contributed by atoms with van der Waals surface area (Å²) in [5.74, 6) is 0.874. The van der Waals surface area contributed by atoms with E-state index in [4.69, 9.17) is 4.74 Å². The van der Waals surface area contributed by atoms with E-state index in [0.717, 1.165) is 18.6 Å². The molecule has 17 heavy (non-hydrogen) atoms. The van der Waals surface area contributed by atoms with Crippen LogP contribution in [-0.4, -0.2) is 49.3 Å². The summed E-state index contributed by atoms with van der Waals surface area (Å²) in [5, 5.41) is 3.67. The first-order chi connectivity index (χ1) is 8.33. The minimum Gasteiger partial charge on any atom is -0.377 e. The number of hydrogen-bond acceptors (Lipinski definition) is 3. The average molecular weight is 238 g/mol. The fourth-order valence-corrected chi connectivity index (χ4v) is 3.24. The molecule has 98 valence electrons. The van der Waals surface area contributed by atoms with Crippen LogP contribution < -0.4 is 5.32 Å². The van der Waals surface area contributed by atoms with Crippen molar-refractivity contribution in [2.24, 2.45) is 5.92 Å². The van der Waals surface area contributed by atoms with Crippen molar-refractivity contribution in [1.82, 2.24) is 10.2 Å². The summed E-state index contributed by atoms with van der Waals surface area (Å²) in [7, 11) is 0.